The first-order valence-electron chi connectivity index (χ1n) is 7.58. The van der Waals surface area contributed by atoms with Gasteiger partial charge in [0.15, 0.2) is 11.5 Å². The fourth-order valence-electron chi connectivity index (χ4n) is 2.41. The van der Waals surface area contributed by atoms with Crippen molar-refractivity contribution >= 4 is 17.6 Å². The van der Waals surface area contributed by atoms with Crippen LogP contribution in [-0.2, 0) is 0 Å². The topological polar surface area (TPSA) is 109 Å². The Labute approximate surface area is 143 Å². The third kappa shape index (κ3) is 3.81. The molecule has 3 rings (SSSR count). The van der Waals surface area contributed by atoms with E-state index in [-0.39, 0.29) is 18.9 Å². The van der Waals surface area contributed by atoms with Gasteiger partial charge in [0.1, 0.15) is 0 Å². The van der Waals surface area contributed by atoms with E-state index in [2.05, 4.69) is 10.6 Å². The second-order valence-corrected chi connectivity index (χ2v) is 5.45. The first-order chi connectivity index (χ1) is 12.1. The zero-order valence-corrected chi connectivity index (χ0v) is 13.4. The van der Waals surface area contributed by atoms with Crippen molar-refractivity contribution in [2.24, 2.45) is 0 Å². The number of benzene rings is 2. The number of anilines is 1. The number of amides is 3. The van der Waals surface area contributed by atoms with Crippen molar-refractivity contribution in [2.75, 3.05) is 12.1 Å². The molecule has 3 amide bonds. The van der Waals surface area contributed by atoms with E-state index in [1.54, 1.807) is 47.9 Å². The summed E-state index contributed by atoms with van der Waals surface area (Å²) in [6, 6.07) is 11.0. The highest BCUT2D eigenvalue weighted by atomic mass is 16.7. The molecule has 0 saturated carbocycles. The molecule has 0 bridgehead atoms. The minimum atomic E-state index is -0.590. The van der Waals surface area contributed by atoms with Gasteiger partial charge in [-0.05, 0) is 36.8 Å². The van der Waals surface area contributed by atoms with Crippen LogP contribution in [0, 0.1) is 0 Å². The average Bonchev–Trinajstić information content (AvgIpc) is 3.08. The summed E-state index contributed by atoms with van der Waals surface area (Å²) < 4.78 is 10.5. The number of ether oxygens (including phenoxy) is 2. The number of rotatable bonds is 4. The van der Waals surface area contributed by atoms with Crippen molar-refractivity contribution in [3.8, 4) is 11.5 Å². The second kappa shape index (κ2) is 7.10. The van der Waals surface area contributed by atoms with Gasteiger partial charge in [0.05, 0.1) is 6.04 Å². The Kier molecular flexibility index (Phi) is 4.71. The van der Waals surface area contributed by atoms with Crippen molar-refractivity contribution in [2.45, 2.75) is 13.0 Å². The highest BCUT2D eigenvalue weighted by molar-refractivity contribution is 5.93. The molecule has 2 aromatic carbocycles. The normalized spacial score (nSPS) is 13.0. The van der Waals surface area contributed by atoms with Gasteiger partial charge in [-0.25, -0.2) is 10.3 Å². The third-order valence-electron chi connectivity index (χ3n) is 3.75. The number of carbonyl (C=O) groups excluding carboxylic acids is 2. The van der Waals surface area contributed by atoms with Gasteiger partial charge in [-0.1, -0.05) is 12.1 Å². The molecule has 0 aliphatic carbocycles. The van der Waals surface area contributed by atoms with Crippen LogP contribution in [0.15, 0.2) is 42.5 Å². The molecule has 1 aliphatic rings. The maximum absolute atomic E-state index is 12.1. The SMILES string of the molecule is CC(NC(=O)Nc1ccc2c(c1)OCO2)c1ccc(C(=O)NO)cc1. The van der Waals surface area contributed by atoms with Crippen LogP contribution in [-0.4, -0.2) is 23.9 Å². The van der Waals surface area contributed by atoms with Gasteiger partial charge in [0, 0.05) is 17.3 Å². The van der Waals surface area contributed by atoms with E-state index in [4.69, 9.17) is 14.7 Å². The summed E-state index contributed by atoms with van der Waals surface area (Å²) in [4.78, 5) is 23.4. The van der Waals surface area contributed by atoms with Gasteiger partial charge in [0.25, 0.3) is 5.91 Å². The third-order valence-corrected chi connectivity index (χ3v) is 3.75. The molecule has 0 spiro atoms. The average molecular weight is 343 g/mol. The number of nitrogens with one attached hydrogen (secondary N) is 3. The van der Waals surface area contributed by atoms with Crippen molar-refractivity contribution in [1.82, 2.24) is 10.8 Å². The van der Waals surface area contributed by atoms with Crippen molar-refractivity contribution in [3.63, 3.8) is 0 Å². The predicted molar refractivity (Wildman–Crippen MR) is 88.8 cm³/mol. The lowest BCUT2D eigenvalue weighted by atomic mass is 10.1. The Morgan fingerprint density at radius 2 is 1.80 bits per heavy atom. The van der Waals surface area contributed by atoms with Crippen LogP contribution in [0.5, 0.6) is 11.5 Å². The summed E-state index contributed by atoms with van der Waals surface area (Å²) in [7, 11) is 0. The summed E-state index contributed by atoms with van der Waals surface area (Å²) >= 11 is 0. The Morgan fingerprint density at radius 3 is 2.52 bits per heavy atom. The Bertz CT molecular complexity index is 791. The van der Waals surface area contributed by atoms with E-state index in [0.29, 0.717) is 22.7 Å². The minimum absolute atomic E-state index is 0.173. The molecular formula is C17H17N3O5. The summed E-state index contributed by atoms with van der Waals surface area (Å²) in [5, 5.41) is 14.1. The van der Waals surface area contributed by atoms with E-state index >= 15 is 0 Å². The maximum Gasteiger partial charge on any atom is 0.319 e. The van der Waals surface area contributed by atoms with Crippen molar-refractivity contribution in [3.05, 3.63) is 53.6 Å². The van der Waals surface area contributed by atoms with Gasteiger partial charge in [-0.2, -0.15) is 0 Å². The molecular weight excluding hydrogens is 326 g/mol. The van der Waals surface area contributed by atoms with Crippen LogP contribution >= 0.6 is 0 Å². The molecule has 0 aromatic heterocycles. The molecule has 8 nitrogen and oxygen atoms in total. The quantitative estimate of drug-likeness (QED) is 0.503. The Hall–Kier alpha value is -3.26. The van der Waals surface area contributed by atoms with Crippen molar-refractivity contribution in [1.29, 1.82) is 0 Å². The summed E-state index contributed by atoms with van der Waals surface area (Å²) in [5.74, 6) is 0.641. The zero-order valence-electron chi connectivity index (χ0n) is 13.4. The number of urea groups is 1. The molecule has 0 saturated heterocycles. The van der Waals surface area contributed by atoms with E-state index in [9.17, 15) is 9.59 Å². The molecule has 0 radical (unpaired) electrons. The van der Waals surface area contributed by atoms with Crippen LogP contribution in [0.3, 0.4) is 0 Å². The number of hydrogen-bond acceptors (Lipinski definition) is 5. The molecule has 1 unspecified atom stereocenters. The Balaban J connectivity index is 1.59. The van der Waals surface area contributed by atoms with E-state index in [1.165, 1.54) is 0 Å². The van der Waals surface area contributed by atoms with Crippen LogP contribution in [0.2, 0.25) is 0 Å². The molecule has 4 N–H and O–H groups in total. The number of hydroxylamine groups is 1. The molecule has 0 fully saturated rings. The van der Waals surface area contributed by atoms with Crippen molar-refractivity contribution < 1.29 is 24.3 Å². The van der Waals surface area contributed by atoms with Crippen LogP contribution in [0.1, 0.15) is 28.9 Å². The van der Waals surface area contributed by atoms with Gasteiger partial charge in [0.2, 0.25) is 6.79 Å². The predicted octanol–water partition coefficient (Wildman–Crippen LogP) is 2.42. The fraction of sp³-hybridized carbons (Fsp3) is 0.176. The van der Waals surface area contributed by atoms with Gasteiger partial charge in [-0.15, -0.1) is 0 Å². The lowest BCUT2D eigenvalue weighted by Crippen LogP contribution is -2.31. The number of carbonyl (C=O) groups is 2. The molecule has 25 heavy (non-hydrogen) atoms. The Morgan fingerprint density at radius 1 is 1.08 bits per heavy atom. The molecule has 1 heterocycles. The largest absolute Gasteiger partial charge is 0.454 e. The maximum atomic E-state index is 12.1. The first kappa shape index (κ1) is 16.6. The standard InChI is InChI=1S/C17H17N3O5/c1-10(11-2-4-12(5-3-11)16(21)20-23)18-17(22)19-13-6-7-14-15(8-13)25-9-24-14/h2-8,10,23H,9H2,1H3,(H,20,21)(H2,18,19,22). The number of hydrogen-bond donors (Lipinski definition) is 4. The van der Waals surface area contributed by atoms with Gasteiger partial charge < -0.3 is 20.1 Å². The summed E-state index contributed by atoms with van der Waals surface area (Å²) in [6.45, 7) is 1.99. The molecule has 8 heteroatoms. The van der Waals surface area contributed by atoms with Gasteiger partial charge in [-0.3, -0.25) is 10.0 Å². The monoisotopic (exact) mass is 343 g/mol. The van der Waals surface area contributed by atoms with Crippen LogP contribution in [0.25, 0.3) is 0 Å². The van der Waals surface area contributed by atoms with E-state index in [1.807, 2.05) is 6.92 Å². The molecule has 1 aliphatic heterocycles. The zero-order chi connectivity index (χ0) is 17.8. The smallest absolute Gasteiger partial charge is 0.319 e. The fourth-order valence-corrected chi connectivity index (χ4v) is 2.41. The summed E-state index contributed by atoms with van der Waals surface area (Å²) in [6.07, 6.45) is 0. The van der Waals surface area contributed by atoms with E-state index < -0.39 is 5.91 Å². The second-order valence-electron chi connectivity index (χ2n) is 5.45. The lowest BCUT2D eigenvalue weighted by Gasteiger charge is -2.15. The highest BCUT2D eigenvalue weighted by Crippen LogP contribution is 2.34. The lowest BCUT2D eigenvalue weighted by molar-refractivity contribution is 0.0706. The van der Waals surface area contributed by atoms with Gasteiger partial charge >= 0.3 is 6.03 Å². The van der Waals surface area contributed by atoms with E-state index in [0.717, 1.165) is 5.56 Å². The minimum Gasteiger partial charge on any atom is -0.454 e. The van der Waals surface area contributed by atoms with Crippen LogP contribution < -0.4 is 25.6 Å². The molecule has 1 atom stereocenters. The summed E-state index contributed by atoms with van der Waals surface area (Å²) in [5.41, 5.74) is 3.29. The van der Waals surface area contributed by atoms with Crippen LogP contribution in [0.4, 0.5) is 10.5 Å². The molecule has 2 aromatic rings. The first-order valence-corrected chi connectivity index (χ1v) is 7.58. The highest BCUT2D eigenvalue weighted by Gasteiger charge is 2.15. The molecule has 130 valence electrons. The number of fused-ring (bicyclic) bond motifs is 1.